The van der Waals surface area contributed by atoms with Gasteiger partial charge in [-0.2, -0.15) is 0 Å². The predicted molar refractivity (Wildman–Crippen MR) is 76.2 cm³/mol. The van der Waals surface area contributed by atoms with Gasteiger partial charge in [-0.1, -0.05) is 29.8 Å². The van der Waals surface area contributed by atoms with Gasteiger partial charge in [-0.15, -0.1) is 0 Å². The number of benzene rings is 2. The van der Waals surface area contributed by atoms with E-state index in [0.717, 1.165) is 13.2 Å². The summed E-state index contributed by atoms with van der Waals surface area (Å²) in [5.41, 5.74) is 6.58. The van der Waals surface area contributed by atoms with E-state index in [9.17, 15) is 0 Å². The third kappa shape index (κ3) is 2.00. The highest BCUT2D eigenvalue weighted by molar-refractivity contribution is 5.68. The Balaban J connectivity index is 2.06. The zero-order valence-corrected chi connectivity index (χ0v) is 10.9. The lowest BCUT2D eigenvalue weighted by atomic mass is 10.1. The van der Waals surface area contributed by atoms with Crippen LogP contribution in [0.2, 0.25) is 0 Å². The molecule has 1 N–H and O–H groups in total. The van der Waals surface area contributed by atoms with E-state index in [1.54, 1.807) is 0 Å². The number of nitrogens with zero attached hydrogens (tertiary/aromatic N) is 1. The van der Waals surface area contributed by atoms with E-state index in [4.69, 9.17) is 0 Å². The van der Waals surface area contributed by atoms with Crippen molar-refractivity contribution in [3.63, 3.8) is 0 Å². The number of nitrogens with one attached hydrogen (secondary N) is 1. The second kappa shape index (κ2) is 4.46. The van der Waals surface area contributed by atoms with Crippen LogP contribution in [0.5, 0.6) is 0 Å². The quantitative estimate of drug-likeness (QED) is 0.818. The molecule has 1 aliphatic rings. The highest BCUT2D eigenvalue weighted by Crippen LogP contribution is 2.31. The maximum Gasteiger partial charge on any atom is 0.0734 e. The standard InChI is InChI=1S/C16H18N2/c1-12-4-3-5-15(9-12)18-11-17-10-14-8-13(2)6-7-16(14)18/h3-9,17H,10-11H2,1-2H3. The summed E-state index contributed by atoms with van der Waals surface area (Å²) in [6.45, 7) is 6.11. The number of aryl methyl sites for hydroxylation is 2. The van der Waals surface area contributed by atoms with Gasteiger partial charge in [0.05, 0.1) is 6.67 Å². The average molecular weight is 238 g/mol. The lowest BCUT2D eigenvalue weighted by Crippen LogP contribution is -2.35. The molecule has 0 bridgehead atoms. The largest absolute Gasteiger partial charge is 0.328 e. The Kier molecular flexibility index (Phi) is 2.80. The number of hydrogen-bond donors (Lipinski definition) is 1. The van der Waals surface area contributed by atoms with Crippen LogP contribution in [0.15, 0.2) is 42.5 Å². The molecule has 92 valence electrons. The van der Waals surface area contributed by atoms with Gasteiger partial charge in [0.15, 0.2) is 0 Å². The Bertz CT molecular complexity index is 575. The first kappa shape index (κ1) is 11.3. The van der Waals surface area contributed by atoms with Crippen molar-refractivity contribution in [3.8, 4) is 0 Å². The first-order valence-electron chi connectivity index (χ1n) is 6.38. The van der Waals surface area contributed by atoms with Crippen LogP contribution in [0.3, 0.4) is 0 Å². The second-order valence-corrected chi connectivity index (χ2v) is 4.98. The molecule has 0 saturated heterocycles. The van der Waals surface area contributed by atoms with Gasteiger partial charge in [0.1, 0.15) is 0 Å². The first-order chi connectivity index (χ1) is 8.74. The molecule has 1 heterocycles. The molecule has 0 fully saturated rings. The molecule has 3 rings (SSSR count). The molecule has 0 radical (unpaired) electrons. The molecule has 18 heavy (non-hydrogen) atoms. The summed E-state index contributed by atoms with van der Waals surface area (Å²) in [6.07, 6.45) is 0. The normalized spacial score (nSPS) is 14.4. The Morgan fingerprint density at radius 1 is 1.00 bits per heavy atom. The van der Waals surface area contributed by atoms with Crippen LogP contribution in [-0.4, -0.2) is 6.67 Å². The van der Waals surface area contributed by atoms with E-state index in [1.807, 2.05) is 0 Å². The van der Waals surface area contributed by atoms with Crippen molar-refractivity contribution in [2.45, 2.75) is 20.4 Å². The Morgan fingerprint density at radius 2 is 1.83 bits per heavy atom. The van der Waals surface area contributed by atoms with Gasteiger partial charge < -0.3 is 4.90 Å². The van der Waals surface area contributed by atoms with Crippen LogP contribution in [-0.2, 0) is 6.54 Å². The molecule has 0 aromatic heterocycles. The lowest BCUT2D eigenvalue weighted by molar-refractivity contribution is 0.661. The number of anilines is 2. The van der Waals surface area contributed by atoms with Gasteiger partial charge in [0, 0.05) is 17.9 Å². The SMILES string of the molecule is Cc1cccc(N2CNCc3cc(C)ccc32)c1. The third-order valence-electron chi connectivity index (χ3n) is 3.42. The van der Waals surface area contributed by atoms with Crippen LogP contribution >= 0.6 is 0 Å². The molecule has 1 aliphatic heterocycles. The minimum Gasteiger partial charge on any atom is -0.328 e. The highest BCUT2D eigenvalue weighted by atomic mass is 15.2. The molecular formula is C16H18N2. The Hall–Kier alpha value is -1.80. The molecule has 0 atom stereocenters. The van der Waals surface area contributed by atoms with Crippen molar-refractivity contribution >= 4 is 11.4 Å². The van der Waals surface area contributed by atoms with Crippen molar-refractivity contribution in [3.05, 3.63) is 59.2 Å². The third-order valence-corrected chi connectivity index (χ3v) is 3.42. The number of rotatable bonds is 1. The molecule has 2 aromatic rings. The molecule has 0 saturated carbocycles. The van der Waals surface area contributed by atoms with Gasteiger partial charge in [-0.25, -0.2) is 0 Å². The molecule has 2 aromatic carbocycles. The smallest absolute Gasteiger partial charge is 0.0734 e. The lowest BCUT2D eigenvalue weighted by Gasteiger charge is -2.32. The van der Waals surface area contributed by atoms with E-state index < -0.39 is 0 Å². The van der Waals surface area contributed by atoms with Gasteiger partial charge >= 0.3 is 0 Å². The second-order valence-electron chi connectivity index (χ2n) is 4.98. The molecule has 0 amide bonds. The van der Waals surface area contributed by atoms with Crippen molar-refractivity contribution in [2.24, 2.45) is 0 Å². The van der Waals surface area contributed by atoms with Gasteiger partial charge in [-0.3, -0.25) is 5.32 Å². The zero-order valence-electron chi connectivity index (χ0n) is 10.9. The van der Waals surface area contributed by atoms with Gasteiger partial charge in [-0.05, 0) is 43.2 Å². The zero-order chi connectivity index (χ0) is 12.5. The molecule has 2 nitrogen and oxygen atoms in total. The summed E-state index contributed by atoms with van der Waals surface area (Å²) < 4.78 is 0. The summed E-state index contributed by atoms with van der Waals surface area (Å²) in [7, 11) is 0. The minimum atomic E-state index is 0.875. The van der Waals surface area contributed by atoms with E-state index in [0.29, 0.717) is 0 Å². The van der Waals surface area contributed by atoms with Crippen LogP contribution in [0.4, 0.5) is 11.4 Å². The summed E-state index contributed by atoms with van der Waals surface area (Å²) in [4.78, 5) is 2.34. The van der Waals surface area contributed by atoms with Crippen molar-refractivity contribution in [1.82, 2.24) is 5.32 Å². The van der Waals surface area contributed by atoms with E-state index in [2.05, 4.69) is 66.5 Å². The minimum absolute atomic E-state index is 0.875. The van der Waals surface area contributed by atoms with E-state index >= 15 is 0 Å². The molecule has 0 unspecified atom stereocenters. The summed E-state index contributed by atoms with van der Waals surface area (Å²) in [6, 6.07) is 15.3. The van der Waals surface area contributed by atoms with E-state index in [1.165, 1.54) is 28.1 Å². The molecule has 0 spiro atoms. The van der Waals surface area contributed by atoms with Crippen LogP contribution < -0.4 is 10.2 Å². The average Bonchev–Trinajstić information content (AvgIpc) is 2.37. The summed E-state index contributed by atoms with van der Waals surface area (Å²) >= 11 is 0. The van der Waals surface area contributed by atoms with Crippen molar-refractivity contribution in [1.29, 1.82) is 0 Å². The van der Waals surface area contributed by atoms with Crippen LogP contribution in [0.1, 0.15) is 16.7 Å². The molecule has 0 aliphatic carbocycles. The fourth-order valence-electron chi connectivity index (χ4n) is 2.53. The topological polar surface area (TPSA) is 15.3 Å². The fourth-order valence-corrected chi connectivity index (χ4v) is 2.53. The first-order valence-corrected chi connectivity index (χ1v) is 6.38. The fraction of sp³-hybridized carbons (Fsp3) is 0.250. The summed E-state index contributed by atoms with van der Waals surface area (Å²) in [5, 5.41) is 3.46. The number of fused-ring (bicyclic) bond motifs is 1. The van der Waals surface area contributed by atoms with Crippen LogP contribution in [0, 0.1) is 13.8 Å². The predicted octanol–water partition coefficient (Wildman–Crippen LogP) is 3.50. The summed E-state index contributed by atoms with van der Waals surface area (Å²) in [5.74, 6) is 0. The number of hydrogen-bond acceptors (Lipinski definition) is 2. The Labute approximate surface area is 108 Å². The van der Waals surface area contributed by atoms with Crippen LogP contribution in [0.25, 0.3) is 0 Å². The maximum atomic E-state index is 3.46. The van der Waals surface area contributed by atoms with Crippen molar-refractivity contribution < 1.29 is 0 Å². The van der Waals surface area contributed by atoms with Crippen molar-refractivity contribution in [2.75, 3.05) is 11.6 Å². The highest BCUT2D eigenvalue weighted by Gasteiger charge is 2.17. The molecule has 2 heteroatoms. The maximum absolute atomic E-state index is 3.46. The van der Waals surface area contributed by atoms with Gasteiger partial charge in [0.25, 0.3) is 0 Å². The Morgan fingerprint density at radius 3 is 2.67 bits per heavy atom. The molecular weight excluding hydrogens is 220 g/mol. The van der Waals surface area contributed by atoms with E-state index in [-0.39, 0.29) is 0 Å². The monoisotopic (exact) mass is 238 g/mol. The van der Waals surface area contributed by atoms with Gasteiger partial charge in [0.2, 0.25) is 0 Å².